The second kappa shape index (κ2) is 11.5. The lowest BCUT2D eigenvalue weighted by Crippen LogP contribution is -2.29. The molecule has 89 valence electrons. The molecule has 0 bridgehead atoms. The Bertz CT molecular complexity index is 132. The van der Waals surface area contributed by atoms with Crippen LogP contribution in [0.1, 0.15) is 46.0 Å². The van der Waals surface area contributed by atoms with Gasteiger partial charge >= 0.3 is 6.41 Å². The molecule has 0 spiro atoms. The van der Waals surface area contributed by atoms with Crippen molar-refractivity contribution in [3.63, 3.8) is 0 Å². The van der Waals surface area contributed by atoms with Crippen LogP contribution in [0.25, 0.3) is 0 Å². The maximum absolute atomic E-state index is 9.94. The molecule has 0 aromatic heterocycles. The van der Waals surface area contributed by atoms with Crippen molar-refractivity contribution in [2.75, 3.05) is 26.2 Å². The Kier molecular flexibility index (Phi) is 11.1. The molecule has 0 aromatic carbocycles. The van der Waals surface area contributed by atoms with E-state index in [1.54, 1.807) is 6.41 Å². The first-order chi connectivity index (χ1) is 7.35. The summed E-state index contributed by atoms with van der Waals surface area (Å²) in [6, 6.07) is 0. The zero-order chi connectivity index (χ0) is 11.4. The van der Waals surface area contributed by atoms with Gasteiger partial charge in [0, 0.05) is 6.54 Å². The number of hydrogen-bond donors (Lipinski definition) is 1. The number of hydrogen-bond acceptors (Lipinski definition) is 2. The molecule has 0 atom stereocenters. The highest BCUT2D eigenvalue weighted by Crippen LogP contribution is 1.99. The molecule has 0 heterocycles. The minimum Gasteiger partial charge on any atom is -0.348 e. The predicted octanol–water partition coefficient (Wildman–Crippen LogP) is 1.94. The number of amides is 1. The molecule has 0 unspecified atom stereocenters. The van der Waals surface area contributed by atoms with Gasteiger partial charge in [0.1, 0.15) is 0 Å². The van der Waals surface area contributed by atoms with Crippen molar-refractivity contribution >= 4 is 6.41 Å². The number of rotatable bonds is 11. The number of carbonyl (C=O) groups excluding carboxylic acids is 1. The van der Waals surface area contributed by atoms with Gasteiger partial charge in [-0.3, -0.25) is 4.79 Å². The van der Waals surface area contributed by atoms with Crippen LogP contribution in [-0.4, -0.2) is 37.5 Å². The quantitative estimate of drug-likeness (QED) is 0.420. The molecule has 15 heavy (non-hydrogen) atoms. The van der Waals surface area contributed by atoms with Crippen molar-refractivity contribution in [3.05, 3.63) is 0 Å². The van der Waals surface area contributed by atoms with Gasteiger partial charge in [0.2, 0.25) is 0 Å². The van der Waals surface area contributed by atoms with Crippen LogP contribution in [0.2, 0.25) is 0 Å². The van der Waals surface area contributed by atoms with E-state index in [4.69, 9.17) is 0 Å². The van der Waals surface area contributed by atoms with E-state index in [2.05, 4.69) is 24.1 Å². The van der Waals surface area contributed by atoms with Gasteiger partial charge in [0.25, 0.3) is 0 Å². The molecule has 0 saturated carbocycles. The molecular formula is C12H25N2O. The highest BCUT2D eigenvalue weighted by Gasteiger charge is 2.02. The third-order valence-electron chi connectivity index (χ3n) is 2.50. The van der Waals surface area contributed by atoms with E-state index in [9.17, 15) is 4.79 Å². The van der Waals surface area contributed by atoms with E-state index in [1.807, 2.05) is 0 Å². The van der Waals surface area contributed by atoms with E-state index in [-0.39, 0.29) is 0 Å². The van der Waals surface area contributed by atoms with Crippen LogP contribution in [0.5, 0.6) is 0 Å². The molecule has 0 aromatic rings. The molecule has 0 fully saturated rings. The smallest absolute Gasteiger partial charge is 0.309 e. The van der Waals surface area contributed by atoms with Crippen molar-refractivity contribution in [2.45, 2.75) is 46.0 Å². The summed E-state index contributed by atoms with van der Waals surface area (Å²) in [7, 11) is 0. The second-order valence-corrected chi connectivity index (χ2v) is 3.93. The summed E-state index contributed by atoms with van der Waals surface area (Å²) in [4.78, 5) is 12.4. The van der Waals surface area contributed by atoms with E-state index in [1.165, 1.54) is 38.8 Å². The minimum atomic E-state index is 0.748. The maximum Gasteiger partial charge on any atom is 0.309 e. The number of nitrogens with one attached hydrogen (secondary N) is 1. The number of nitrogens with zero attached hydrogens (tertiary/aromatic N) is 1. The molecule has 1 N–H and O–H groups in total. The first-order valence-corrected chi connectivity index (χ1v) is 6.17. The summed E-state index contributed by atoms with van der Waals surface area (Å²) in [6.07, 6.45) is 7.80. The molecule has 0 aliphatic heterocycles. The van der Waals surface area contributed by atoms with E-state index < -0.39 is 0 Å². The Balaban J connectivity index is 3.53. The average molecular weight is 213 g/mol. The Labute approximate surface area is 94.2 Å². The van der Waals surface area contributed by atoms with Gasteiger partial charge in [-0.1, -0.05) is 26.7 Å². The fourth-order valence-corrected chi connectivity index (χ4v) is 1.54. The highest BCUT2D eigenvalue weighted by molar-refractivity contribution is 5.46. The van der Waals surface area contributed by atoms with Gasteiger partial charge in [-0.15, -0.1) is 0 Å². The summed E-state index contributed by atoms with van der Waals surface area (Å²) in [5, 5.41) is 2.58. The Hall–Kier alpha value is -0.570. The SMILES string of the molecule is CCCCN(CCCC)CCCN[C]=O. The summed E-state index contributed by atoms with van der Waals surface area (Å²) < 4.78 is 0. The van der Waals surface area contributed by atoms with Crippen molar-refractivity contribution in [2.24, 2.45) is 0 Å². The zero-order valence-electron chi connectivity index (χ0n) is 10.2. The molecule has 3 nitrogen and oxygen atoms in total. The van der Waals surface area contributed by atoms with E-state index in [0.29, 0.717) is 0 Å². The summed E-state index contributed by atoms with van der Waals surface area (Å²) >= 11 is 0. The van der Waals surface area contributed by atoms with Gasteiger partial charge in [0.15, 0.2) is 0 Å². The van der Waals surface area contributed by atoms with Crippen LogP contribution in [0, 0.1) is 0 Å². The Morgan fingerprint density at radius 3 is 2.00 bits per heavy atom. The molecule has 0 aliphatic carbocycles. The summed E-state index contributed by atoms with van der Waals surface area (Å²) in [5.41, 5.74) is 0. The van der Waals surface area contributed by atoms with Crippen molar-refractivity contribution in [1.29, 1.82) is 0 Å². The van der Waals surface area contributed by atoms with Crippen molar-refractivity contribution < 1.29 is 4.79 Å². The third kappa shape index (κ3) is 9.73. The predicted molar refractivity (Wildman–Crippen MR) is 64.6 cm³/mol. The summed E-state index contributed by atoms with van der Waals surface area (Å²) in [5.74, 6) is 0. The molecule has 0 aliphatic rings. The molecule has 1 amide bonds. The maximum atomic E-state index is 9.94. The average Bonchev–Trinajstić information content (AvgIpc) is 2.27. The monoisotopic (exact) mass is 213 g/mol. The second-order valence-electron chi connectivity index (χ2n) is 3.93. The Morgan fingerprint density at radius 2 is 1.53 bits per heavy atom. The van der Waals surface area contributed by atoms with Crippen molar-refractivity contribution in [3.8, 4) is 0 Å². The van der Waals surface area contributed by atoms with Gasteiger partial charge in [-0.2, -0.15) is 0 Å². The van der Waals surface area contributed by atoms with Crippen LogP contribution < -0.4 is 5.32 Å². The first-order valence-electron chi connectivity index (χ1n) is 6.17. The summed E-state index contributed by atoms with van der Waals surface area (Å²) in [6.45, 7) is 8.68. The van der Waals surface area contributed by atoms with Crippen LogP contribution in [0.4, 0.5) is 0 Å². The van der Waals surface area contributed by atoms with Crippen molar-refractivity contribution in [1.82, 2.24) is 10.2 Å². The third-order valence-corrected chi connectivity index (χ3v) is 2.50. The van der Waals surface area contributed by atoms with Gasteiger partial charge in [-0.25, -0.2) is 0 Å². The first kappa shape index (κ1) is 14.4. The fraction of sp³-hybridized carbons (Fsp3) is 0.917. The Morgan fingerprint density at radius 1 is 1.00 bits per heavy atom. The molecular weight excluding hydrogens is 188 g/mol. The van der Waals surface area contributed by atoms with Crippen LogP contribution in [0.3, 0.4) is 0 Å². The molecule has 0 saturated heterocycles. The lowest BCUT2D eigenvalue weighted by atomic mass is 10.2. The molecule has 0 rings (SSSR count). The highest BCUT2D eigenvalue weighted by atomic mass is 16.1. The van der Waals surface area contributed by atoms with Gasteiger partial charge in [-0.05, 0) is 38.9 Å². The fourth-order valence-electron chi connectivity index (χ4n) is 1.54. The van der Waals surface area contributed by atoms with Crippen LogP contribution in [-0.2, 0) is 4.79 Å². The van der Waals surface area contributed by atoms with Crippen LogP contribution in [0.15, 0.2) is 0 Å². The van der Waals surface area contributed by atoms with E-state index in [0.717, 1.165) is 19.5 Å². The lowest BCUT2D eigenvalue weighted by Gasteiger charge is -2.21. The van der Waals surface area contributed by atoms with Gasteiger partial charge < -0.3 is 10.2 Å². The minimum absolute atomic E-state index is 0.748. The normalized spacial score (nSPS) is 10.6. The molecule has 1 radical (unpaired) electrons. The lowest BCUT2D eigenvalue weighted by molar-refractivity contribution is 0.262. The molecule has 3 heteroatoms. The topological polar surface area (TPSA) is 32.3 Å². The van der Waals surface area contributed by atoms with E-state index >= 15 is 0 Å². The van der Waals surface area contributed by atoms with Gasteiger partial charge in [0.05, 0.1) is 0 Å². The standard InChI is InChI=1S/C12H25N2O/c1-3-5-9-14(10-6-4-2)11-7-8-13-12-15/h3-11H2,1-2H3,(H,13,15). The largest absolute Gasteiger partial charge is 0.348 e. The van der Waals surface area contributed by atoms with Crippen LogP contribution >= 0.6 is 0 Å². The number of unbranched alkanes of at least 4 members (excludes halogenated alkanes) is 2. The zero-order valence-corrected chi connectivity index (χ0v) is 10.2.